The highest BCUT2D eigenvalue weighted by atomic mass is 16.5. The summed E-state index contributed by atoms with van der Waals surface area (Å²) in [4.78, 5) is 11.1. The van der Waals surface area contributed by atoms with Gasteiger partial charge in [-0.25, -0.2) is 0 Å². The lowest BCUT2D eigenvalue weighted by molar-refractivity contribution is -0.138. The number of carbonyl (C=O) groups is 1. The van der Waals surface area contributed by atoms with Crippen LogP contribution < -0.4 is 0 Å². The Morgan fingerprint density at radius 3 is 2.71 bits per heavy atom. The zero-order valence-corrected chi connectivity index (χ0v) is 7.85. The summed E-state index contributed by atoms with van der Waals surface area (Å²) in [6.45, 7) is 3.30. The first kappa shape index (κ1) is 10.6. The Hall–Kier alpha value is -1.51. The predicted molar refractivity (Wildman–Crippen MR) is 55.8 cm³/mol. The van der Waals surface area contributed by atoms with E-state index < -0.39 is 0 Å². The van der Waals surface area contributed by atoms with Gasteiger partial charge in [0.05, 0.1) is 14.1 Å². The second-order valence-electron chi connectivity index (χ2n) is 2.88. The van der Waals surface area contributed by atoms with Crippen LogP contribution in [0.3, 0.4) is 0 Å². The second-order valence-corrected chi connectivity index (χ2v) is 2.88. The fourth-order valence-electron chi connectivity index (χ4n) is 1.14. The zero-order valence-electron chi connectivity index (χ0n) is 7.85. The molecule has 1 rings (SSSR count). The van der Waals surface area contributed by atoms with Gasteiger partial charge in [0.1, 0.15) is 0 Å². The molecule has 0 fully saturated rings. The van der Waals surface area contributed by atoms with Crippen LogP contribution in [0.15, 0.2) is 43.2 Å². The minimum atomic E-state index is -0.364. The summed E-state index contributed by atoms with van der Waals surface area (Å²) in [5.41, 5.74) is 0.925. The number of esters is 1. The average Bonchev–Trinajstić information content (AvgIpc) is 2.19. The molecular formula is C11H11BO2. The lowest BCUT2D eigenvalue weighted by Gasteiger charge is -2.09. The molecule has 0 aromatic heterocycles. The van der Waals surface area contributed by atoms with Crippen LogP contribution in [0.5, 0.6) is 0 Å². The van der Waals surface area contributed by atoms with E-state index in [2.05, 4.69) is 11.3 Å². The lowest BCUT2D eigenvalue weighted by atomic mass is 9.79. The Labute approximate surface area is 85.0 Å². The van der Waals surface area contributed by atoms with Gasteiger partial charge in [-0.15, -0.1) is 0 Å². The minimum absolute atomic E-state index is 0.163. The molecule has 3 heteroatoms. The van der Waals surface area contributed by atoms with Crippen LogP contribution in [0.1, 0.15) is 17.8 Å². The van der Waals surface area contributed by atoms with E-state index in [9.17, 15) is 4.79 Å². The van der Waals surface area contributed by atoms with Crippen LogP contribution in [0.4, 0.5) is 0 Å². The largest absolute Gasteiger partial charge is 0.435 e. The zero-order chi connectivity index (χ0) is 10.4. The topological polar surface area (TPSA) is 26.3 Å². The van der Waals surface area contributed by atoms with Crippen molar-refractivity contribution in [3.63, 3.8) is 0 Å². The van der Waals surface area contributed by atoms with Crippen molar-refractivity contribution in [2.75, 3.05) is 0 Å². The normalized spacial score (nSPS) is 11.7. The summed E-state index contributed by atoms with van der Waals surface area (Å²) >= 11 is 0. The van der Waals surface area contributed by atoms with E-state index in [1.54, 1.807) is 0 Å². The van der Waals surface area contributed by atoms with Crippen LogP contribution in [0.2, 0.25) is 0 Å². The lowest BCUT2D eigenvalue weighted by Crippen LogP contribution is -2.07. The van der Waals surface area contributed by atoms with Gasteiger partial charge >= 0.3 is 5.97 Å². The molecule has 0 saturated heterocycles. The summed E-state index contributed by atoms with van der Waals surface area (Å²) in [7, 11) is 5.79. The monoisotopic (exact) mass is 186 g/mol. The number of carbonyl (C=O) groups excluding carboxylic acids is 1. The molecule has 0 aliphatic heterocycles. The standard InChI is InChI=1S/C11H11BO2/c1-2-14-11(13)8-10(12)9-6-4-3-5-7-9/h2-7,10H,1,8H2. The fourth-order valence-corrected chi connectivity index (χ4v) is 1.14. The van der Waals surface area contributed by atoms with Gasteiger partial charge in [-0.1, -0.05) is 42.5 Å². The van der Waals surface area contributed by atoms with Crippen molar-refractivity contribution in [3.8, 4) is 0 Å². The molecule has 0 heterocycles. The Balaban J connectivity index is 2.54. The maximum absolute atomic E-state index is 11.1. The van der Waals surface area contributed by atoms with E-state index >= 15 is 0 Å². The molecule has 1 atom stereocenters. The molecule has 1 aromatic carbocycles. The third-order valence-corrected chi connectivity index (χ3v) is 1.83. The van der Waals surface area contributed by atoms with Crippen molar-refractivity contribution in [1.29, 1.82) is 0 Å². The number of hydrogen-bond acceptors (Lipinski definition) is 2. The fraction of sp³-hybridized carbons (Fsp3) is 0.182. The second kappa shape index (κ2) is 5.27. The smallest absolute Gasteiger partial charge is 0.310 e. The first-order chi connectivity index (χ1) is 6.74. The van der Waals surface area contributed by atoms with Gasteiger partial charge in [-0.2, -0.15) is 0 Å². The molecule has 2 nitrogen and oxygen atoms in total. The molecule has 1 aromatic rings. The number of hydrogen-bond donors (Lipinski definition) is 0. The highest BCUT2D eigenvalue weighted by molar-refractivity contribution is 6.13. The molecule has 14 heavy (non-hydrogen) atoms. The van der Waals surface area contributed by atoms with E-state index in [1.165, 1.54) is 0 Å². The Kier molecular flexibility index (Phi) is 3.98. The van der Waals surface area contributed by atoms with Crippen LogP contribution in [-0.2, 0) is 9.53 Å². The summed E-state index contributed by atoms with van der Waals surface area (Å²) in [6, 6.07) is 9.43. The third-order valence-electron chi connectivity index (χ3n) is 1.83. The maximum Gasteiger partial charge on any atom is 0.310 e. The van der Waals surface area contributed by atoms with Crippen molar-refractivity contribution >= 4 is 13.8 Å². The first-order valence-corrected chi connectivity index (χ1v) is 4.35. The molecule has 0 amide bonds. The van der Waals surface area contributed by atoms with Gasteiger partial charge in [0.25, 0.3) is 0 Å². The van der Waals surface area contributed by atoms with Gasteiger partial charge in [0.2, 0.25) is 0 Å². The number of rotatable bonds is 4. The Morgan fingerprint density at radius 2 is 2.14 bits per heavy atom. The van der Waals surface area contributed by atoms with Crippen molar-refractivity contribution in [2.45, 2.75) is 12.2 Å². The predicted octanol–water partition coefficient (Wildman–Crippen LogP) is 1.97. The molecule has 70 valence electrons. The molecule has 0 aliphatic rings. The van der Waals surface area contributed by atoms with Gasteiger partial charge < -0.3 is 4.74 Å². The van der Waals surface area contributed by atoms with Gasteiger partial charge in [0.15, 0.2) is 0 Å². The summed E-state index contributed by atoms with van der Waals surface area (Å²) in [5, 5.41) is 0. The van der Waals surface area contributed by atoms with E-state index in [-0.39, 0.29) is 18.2 Å². The van der Waals surface area contributed by atoms with E-state index in [0.29, 0.717) is 0 Å². The summed E-state index contributed by atoms with van der Waals surface area (Å²) in [5.74, 6) is -0.681. The van der Waals surface area contributed by atoms with Gasteiger partial charge in [-0.05, 0) is 5.82 Å². The molecule has 0 bridgehead atoms. The van der Waals surface area contributed by atoms with Crippen LogP contribution in [-0.4, -0.2) is 13.8 Å². The molecule has 0 N–H and O–H groups in total. The molecule has 0 saturated carbocycles. The highest BCUT2D eigenvalue weighted by Gasteiger charge is 2.10. The minimum Gasteiger partial charge on any atom is -0.435 e. The Morgan fingerprint density at radius 1 is 1.50 bits per heavy atom. The van der Waals surface area contributed by atoms with Crippen molar-refractivity contribution in [2.24, 2.45) is 0 Å². The Bertz CT molecular complexity index is 308. The van der Waals surface area contributed by atoms with Crippen LogP contribution in [0.25, 0.3) is 0 Å². The van der Waals surface area contributed by atoms with Gasteiger partial charge in [0, 0.05) is 6.42 Å². The molecular weight excluding hydrogens is 175 g/mol. The van der Waals surface area contributed by atoms with E-state index in [1.807, 2.05) is 30.3 Å². The van der Waals surface area contributed by atoms with Gasteiger partial charge in [-0.3, -0.25) is 4.79 Å². The van der Waals surface area contributed by atoms with E-state index in [0.717, 1.165) is 11.8 Å². The molecule has 1 unspecified atom stereocenters. The maximum atomic E-state index is 11.1. The molecule has 2 radical (unpaired) electrons. The SMILES string of the molecule is [B]C(CC(=O)OC=C)c1ccccc1. The van der Waals surface area contributed by atoms with E-state index in [4.69, 9.17) is 7.85 Å². The van der Waals surface area contributed by atoms with Crippen molar-refractivity contribution in [3.05, 3.63) is 48.7 Å². The van der Waals surface area contributed by atoms with Crippen molar-refractivity contribution < 1.29 is 9.53 Å². The average molecular weight is 186 g/mol. The summed E-state index contributed by atoms with van der Waals surface area (Å²) in [6.07, 6.45) is 1.27. The quantitative estimate of drug-likeness (QED) is 0.408. The number of benzene rings is 1. The molecule has 0 aliphatic carbocycles. The first-order valence-electron chi connectivity index (χ1n) is 4.35. The van der Waals surface area contributed by atoms with Crippen LogP contribution in [0, 0.1) is 0 Å². The summed E-state index contributed by atoms with van der Waals surface area (Å²) < 4.78 is 4.58. The molecule has 0 spiro atoms. The van der Waals surface area contributed by atoms with Crippen molar-refractivity contribution in [1.82, 2.24) is 0 Å². The van der Waals surface area contributed by atoms with Crippen LogP contribution >= 0.6 is 0 Å². The third kappa shape index (κ3) is 3.09. The number of ether oxygens (including phenoxy) is 1. The highest BCUT2D eigenvalue weighted by Crippen LogP contribution is 2.15.